The lowest BCUT2D eigenvalue weighted by Crippen LogP contribution is -2.48. The SMILES string of the molecule is Cc1cnc(C(=O)Nc2ccc(C(C)(C)N3CCOCC3)cc2C2=CCC(C)(C)CC2)[nH]1. The van der Waals surface area contributed by atoms with Crippen molar-refractivity contribution in [3.63, 3.8) is 0 Å². The number of ether oxygens (including phenoxy) is 1. The van der Waals surface area contributed by atoms with Crippen LogP contribution in [0.15, 0.2) is 30.5 Å². The molecule has 1 aliphatic carbocycles. The number of nitrogens with zero attached hydrogens (tertiary/aromatic N) is 2. The number of imidazole rings is 1. The first-order valence-corrected chi connectivity index (χ1v) is 11.7. The van der Waals surface area contributed by atoms with Gasteiger partial charge in [0.25, 0.3) is 5.91 Å². The molecule has 6 heteroatoms. The minimum atomic E-state index is -0.212. The van der Waals surface area contributed by atoms with Crippen LogP contribution in [0.2, 0.25) is 0 Å². The average Bonchev–Trinajstić information content (AvgIpc) is 3.21. The van der Waals surface area contributed by atoms with Crippen molar-refractivity contribution in [2.45, 2.75) is 59.4 Å². The topological polar surface area (TPSA) is 70.2 Å². The van der Waals surface area contributed by atoms with E-state index in [0.29, 0.717) is 11.2 Å². The van der Waals surface area contributed by atoms with E-state index in [4.69, 9.17) is 4.74 Å². The van der Waals surface area contributed by atoms with Gasteiger partial charge in [0.1, 0.15) is 0 Å². The van der Waals surface area contributed by atoms with Gasteiger partial charge in [0.15, 0.2) is 5.82 Å². The third-order valence-corrected chi connectivity index (χ3v) is 7.01. The van der Waals surface area contributed by atoms with E-state index in [1.54, 1.807) is 6.20 Å². The highest BCUT2D eigenvalue weighted by atomic mass is 16.5. The number of carbonyl (C=O) groups is 1. The second-order valence-corrected chi connectivity index (χ2v) is 10.4. The molecule has 2 heterocycles. The van der Waals surface area contributed by atoms with Gasteiger partial charge in [-0.3, -0.25) is 9.69 Å². The zero-order chi connectivity index (χ0) is 22.9. The maximum Gasteiger partial charge on any atom is 0.291 e. The van der Waals surface area contributed by atoms with E-state index in [1.165, 1.54) is 11.1 Å². The Morgan fingerprint density at radius 1 is 1.25 bits per heavy atom. The summed E-state index contributed by atoms with van der Waals surface area (Å²) < 4.78 is 5.57. The summed E-state index contributed by atoms with van der Waals surface area (Å²) in [5.74, 6) is 0.126. The second-order valence-electron chi connectivity index (χ2n) is 10.4. The number of H-pyrrole nitrogens is 1. The Labute approximate surface area is 191 Å². The summed E-state index contributed by atoms with van der Waals surface area (Å²) in [6.07, 6.45) is 7.23. The fourth-order valence-corrected chi connectivity index (χ4v) is 4.64. The number of nitrogens with one attached hydrogen (secondary N) is 2. The predicted molar refractivity (Wildman–Crippen MR) is 129 cm³/mol. The van der Waals surface area contributed by atoms with E-state index >= 15 is 0 Å². The molecule has 1 aliphatic heterocycles. The molecule has 6 nitrogen and oxygen atoms in total. The second kappa shape index (κ2) is 8.83. The molecule has 1 fully saturated rings. The zero-order valence-corrected chi connectivity index (χ0v) is 20.0. The minimum Gasteiger partial charge on any atom is -0.379 e. The smallest absolute Gasteiger partial charge is 0.291 e. The average molecular weight is 437 g/mol. The Morgan fingerprint density at radius 2 is 2.00 bits per heavy atom. The van der Waals surface area contributed by atoms with Crippen LogP contribution in [-0.2, 0) is 10.3 Å². The molecule has 1 amide bonds. The van der Waals surface area contributed by atoms with E-state index in [9.17, 15) is 4.79 Å². The monoisotopic (exact) mass is 436 g/mol. The first-order valence-electron chi connectivity index (χ1n) is 11.7. The third kappa shape index (κ3) is 4.81. The third-order valence-electron chi connectivity index (χ3n) is 7.01. The molecular formula is C26H36N4O2. The maximum atomic E-state index is 12.8. The minimum absolute atomic E-state index is 0.117. The summed E-state index contributed by atoms with van der Waals surface area (Å²) >= 11 is 0. The maximum absolute atomic E-state index is 12.8. The van der Waals surface area contributed by atoms with E-state index in [0.717, 1.165) is 62.5 Å². The molecule has 2 N–H and O–H groups in total. The number of aryl methyl sites for hydroxylation is 1. The van der Waals surface area contributed by atoms with Crippen molar-refractivity contribution < 1.29 is 9.53 Å². The number of hydrogen-bond donors (Lipinski definition) is 2. The number of carbonyl (C=O) groups excluding carboxylic acids is 1. The van der Waals surface area contributed by atoms with Crippen molar-refractivity contribution in [3.8, 4) is 0 Å². The van der Waals surface area contributed by atoms with Gasteiger partial charge in [-0.05, 0) is 68.7 Å². The summed E-state index contributed by atoms with van der Waals surface area (Å²) in [6.45, 7) is 14.5. The van der Waals surface area contributed by atoms with Crippen molar-refractivity contribution in [1.82, 2.24) is 14.9 Å². The quantitative estimate of drug-likeness (QED) is 0.682. The summed E-state index contributed by atoms with van der Waals surface area (Å²) in [4.78, 5) is 22.6. The Balaban J connectivity index is 1.69. The Hall–Kier alpha value is -2.44. The van der Waals surface area contributed by atoms with Crippen molar-refractivity contribution >= 4 is 17.2 Å². The number of benzene rings is 1. The molecule has 172 valence electrons. The van der Waals surface area contributed by atoms with Crippen LogP contribution in [0.1, 0.15) is 74.4 Å². The number of hydrogen-bond acceptors (Lipinski definition) is 4. The van der Waals surface area contributed by atoms with Crippen LogP contribution in [0.4, 0.5) is 5.69 Å². The van der Waals surface area contributed by atoms with Crippen LogP contribution in [0, 0.1) is 12.3 Å². The number of morpholine rings is 1. The Morgan fingerprint density at radius 3 is 2.62 bits per heavy atom. The summed E-state index contributed by atoms with van der Waals surface area (Å²) in [6, 6.07) is 6.49. The van der Waals surface area contributed by atoms with Crippen LogP contribution in [0.3, 0.4) is 0 Å². The highest BCUT2D eigenvalue weighted by Crippen LogP contribution is 2.41. The van der Waals surface area contributed by atoms with Gasteiger partial charge in [0.05, 0.1) is 13.2 Å². The fourth-order valence-electron chi connectivity index (χ4n) is 4.64. The number of rotatable bonds is 5. The Kier molecular flexibility index (Phi) is 6.28. The first kappa shape index (κ1) is 22.7. The van der Waals surface area contributed by atoms with Crippen LogP contribution in [0.5, 0.6) is 0 Å². The molecule has 1 aromatic heterocycles. The van der Waals surface area contributed by atoms with Gasteiger partial charge in [0, 0.05) is 41.8 Å². The summed E-state index contributed by atoms with van der Waals surface area (Å²) in [5, 5.41) is 3.11. The normalized spacial score (nSPS) is 19.5. The van der Waals surface area contributed by atoms with Crippen LogP contribution in [-0.4, -0.2) is 47.1 Å². The van der Waals surface area contributed by atoms with Crippen molar-refractivity contribution in [1.29, 1.82) is 0 Å². The molecule has 0 radical (unpaired) electrons. The van der Waals surface area contributed by atoms with E-state index in [1.807, 2.05) is 6.92 Å². The molecule has 0 atom stereocenters. The van der Waals surface area contributed by atoms with E-state index in [2.05, 4.69) is 72.2 Å². The molecule has 1 aromatic carbocycles. The highest BCUT2D eigenvalue weighted by molar-refractivity contribution is 6.03. The van der Waals surface area contributed by atoms with Gasteiger partial charge >= 0.3 is 0 Å². The van der Waals surface area contributed by atoms with Crippen LogP contribution >= 0.6 is 0 Å². The zero-order valence-electron chi connectivity index (χ0n) is 20.0. The Bertz CT molecular complexity index is 1010. The number of anilines is 1. The number of allylic oxidation sites excluding steroid dienone is 2. The van der Waals surface area contributed by atoms with Crippen molar-refractivity contribution in [2.24, 2.45) is 5.41 Å². The van der Waals surface area contributed by atoms with Gasteiger partial charge in [-0.2, -0.15) is 0 Å². The molecule has 0 spiro atoms. The van der Waals surface area contributed by atoms with Gasteiger partial charge in [-0.1, -0.05) is 26.0 Å². The molecule has 1 saturated heterocycles. The van der Waals surface area contributed by atoms with Crippen LogP contribution < -0.4 is 5.32 Å². The van der Waals surface area contributed by atoms with Crippen LogP contribution in [0.25, 0.3) is 5.57 Å². The molecule has 32 heavy (non-hydrogen) atoms. The number of aromatic nitrogens is 2. The summed E-state index contributed by atoms with van der Waals surface area (Å²) in [7, 11) is 0. The molecule has 4 rings (SSSR count). The van der Waals surface area contributed by atoms with Gasteiger partial charge < -0.3 is 15.0 Å². The van der Waals surface area contributed by atoms with Gasteiger partial charge in [-0.25, -0.2) is 4.98 Å². The standard InChI is InChI=1S/C26H36N4O2/c1-18-17-27-23(28-18)24(31)29-22-7-6-20(26(4,5)30-12-14-32-15-13-30)16-21(22)19-8-10-25(2,3)11-9-19/h6-8,16-17H,9-15H2,1-5H3,(H,27,28)(H,29,31). The fraction of sp³-hybridized carbons (Fsp3) is 0.538. The molecule has 2 aliphatic rings. The number of amides is 1. The molecular weight excluding hydrogens is 400 g/mol. The lowest BCUT2D eigenvalue weighted by atomic mass is 9.76. The van der Waals surface area contributed by atoms with E-state index in [-0.39, 0.29) is 11.4 Å². The van der Waals surface area contributed by atoms with Gasteiger partial charge in [-0.15, -0.1) is 0 Å². The predicted octanol–water partition coefficient (Wildman–Crippen LogP) is 5.13. The number of aromatic amines is 1. The molecule has 0 bridgehead atoms. The van der Waals surface area contributed by atoms with Crippen molar-refractivity contribution in [2.75, 3.05) is 31.6 Å². The lowest BCUT2D eigenvalue weighted by molar-refractivity contribution is -0.0118. The first-order chi connectivity index (χ1) is 15.2. The molecule has 2 aromatic rings. The van der Waals surface area contributed by atoms with E-state index < -0.39 is 0 Å². The summed E-state index contributed by atoms with van der Waals surface area (Å²) in [5.41, 5.74) is 5.61. The largest absolute Gasteiger partial charge is 0.379 e. The molecule has 0 unspecified atom stereocenters. The lowest BCUT2D eigenvalue weighted by Gasteiger charge is -2.41. The highest BCUT2D eigenvalue weighted by Gasteiger charge is 2.31. The van der Waals surface area contributed by atoms with Crippen molar-refractivity contribution in [3.05, 3.63) is 53.1 Å². The van der Waals surface area contributed by atoms with Gasteiger partial charge in [0.2, 0.25) is 0 Å². The molecule has 0 saturated carbocycles.